The maximum Gasteiger partial charge on any atom is 0.265 e. The molecule has 0 aliphatic carbocycles. The molecule has 1 saturated heterocycles. The SMILES string of the molecule is COc1cc(-c2cccc(-c3cccc(NC(=O)c4cncn(C)c4=O)c3C)c2C)cc(F)c1CNCCN1CCCC1=O. The fraction of sp³-hybridized carbons (Fsp3) is 0.294. The smallest absolute Gasteiger partial charge is 0.265 e. The number of aryl methyl sites for hydroxylation is 1. The molecule has 1 aliphatic rings. The van der Waals surface area contributed by atoms with Crippen molar-refractivity contribution in [2.75, 3.05) is 32.1 Å². The summed E-state index contributed by atoms with van der Waals surface area (Å²) in [6, 6.07) is 14.8. The van der Waals surface area contributed by atoms with Crippen LogP contribution in [-0.4, -0.2) is 53.0 Å². The van der Waals surface area contributed by atoms with Gasteiger partial charge in [0.05, 0.1) is 13.4 Å². The highest BCUT2D eigenvalue weighted by atomic mass is 19.1. The maximum atomic E-state index is 15.5. The minimum atomic E-state index is -0.536. The quantitative estimate of drug-likeness (QED) is 0.254. The van der Waals surface area contributed by atoms with Gasteiger partial charge in [-0.1, -0.05) is 30.3 Å². The topological polar surface area (TPSA) is 106 Å². The Balaban J connectivity index is 1.39. The Morgan fingerprint density at radius 2 is 1.77 bits per heavy atom. The number of methoxy groups -OCH3 is 1. The molecule has 1 aliphatic heterocycles. The van der Waals surface area contributed by atoms with E-state index in [9.17, 15) is 14.4 Å². The van der Waals surface area contributed by atoms with E-state index >= 15 is 4.39 Å². The van der Waals surface area contributed by atoms with Gasteiger partial charge in [0.25, 0.3) is 11.5 Å². The molecule has 44 heavy (non-hydrogen) atoms. The second-order valence-corrected chi connectivity index (χ2v) is 10.9. The fourth-order valence-corrected chi connectivity index (χ4v) is 5.64. The van der Waals surface area contributed by atoms with Gasteiger partial charge in [0.2, 0.25) is 5.91 Å². The van der Waals surface area contributed by atoms with Gasteiger partial charge in [0.1, 0.15) is 17.1 Å². The van der Waals surface area contributed by atoms with Crippen LogP contribution >= 0.6 is 0 Å². The van der Waals surface area contributed by atoms with Crippen molar-refractivity contribution in [3.63, 3.8) is 0 Å². The summed E-state index contributed by atoms with van der Waals surface area (Å²) in [5, 5.41) is 6.10. The average molecular weight is 598 g/mol. The molecule has 9 nitrogen and oxygen atoms in total. The summed E-state index contributed by atoms with van der Waals surface area (Å²) < 4.78 is 22.4. The Morgan fingerprint density at radius 3 is 2.50 bits per heavy atom. The fourth-order valence-electron chi connectivity index (χ4n) is 5.64. The van der Waals surface area contributed by atoms with Gasteiger partial charge in [-0.2, -0.15) is 0 Å². The molecular formula is C34H36FN5O4. The zero-order valence-corrected chi connectivity index (χ0v) is 25.4. The van der Waals surface area contributed by atoms with Crippen molar-refractivity contribution in [1.29, 1.82) is 0 Å². The van der Waals surface area contributed by atoms with Gasteiger partial charge in [0.15, 0.2) is 0 Å². The minimum absolute atomic E-state index is 0.0469. The first-order valence-electron chi connectivity index (χ1n) is 14.6. The van der Waals surface area contributed by atoms with E-state index in [1.54, 1.807) is 13.1 Å². The Labute approximate surface area is 255 Å². The number of halogens is 1. The van der Waals surface area contributed by atoms with Gasteiger partial charge in [-0.15, -0.1) is 0 Å². The molecule has 0 spiro atoms. The number of nitrogens with one attached hydrogen (secondary N) is 2. The highest BCUT2D eigenvalue weighted by molar-refractivity contribution is 6.04. The van der Waals surface area contributed by atoms with Gasteiger partial charge in [-0.05, 0) is 71.8 Å². The van der Waals surface area contributed by atoms with Crippen LogP contribution < -0.4 is 20.9 Å². The molecule has 5 rings (SSSR count). The Hall–Kier alpha value is -4.83. The van der Waals surface area contributed by atoms with Crippen LogP contribution in [0.25, 0.3) is 22.3 Å². The van der Waals surface area contributed by atoms with Crippen LogP contribution in [0.15, 0.2) is 65.8 Å². The van der Waals surface area contributed by atoms with Crippen molar-refractivity contribution in [2.24, 2.45) is 7.05 Å². The van der Waals surface area contributed by atoms with Crippen molar-refractivity contribution in [3.8, 4) is 28.0 Å². The van der Waals surface area contributed by atoms with E-state index < -0.39 is 11.5 Å². The largest absolute Gasteiger partial charge is 0.496 e. The lowest BCUT2D eigenvalue weighted by atomic mass is 9.90. The van der Waals surface area contributed by atoms with Gasteiger partial charge in [-0.25, -0.2) is 9.37 Å². The normalized spacial score (nSPS) is 12.9. The van der Waals surface area contributed by atoms with E-state index in [2.05, 4.69) is 15.6 Å². The van der Waals surface area contributed by atoms with Gasteiger partial charge >= 0.3 is 0 Å². The molecule has 0 bridgehead atoms. The molecule has 0 saturated carbocycles. The Morgan fingerprint density at radius 1 is 1.05 bits per heavy atom. The summed E-state index contributed by atoms with van der Waals surface area (Å²) in [5.41, 5.74) is 5.63. The molecule has 0 atom stereocenters. The van der Waals surface area contributed by atoms with Crippen LogP contribution in [0, 0.1) is 19.7 Å². The van der Waals surface area contributed by atoms with Crippen LogP contribution in [0.1, 0.15) is 39.9 Å². The van der Waals surface area contributed by atoms with E-state index in [0.29, 0.717) is 42.1 Å². The van der Waals surface area contributed by atoms with Crippen LogP contribution in [-0.2, 0) is 18.4 Å². The lowest BCUT2D eigenvalue weighted by Crippen LogP contribution is -2.32. The molecule has 2 heterocycles. The average Bonchev–Trinajstić information content (AvgIpc) is 3.42. The second kappa shape index (κ2) is 13.2. The number of amides is 2. The molecule has 2 amide bonds. The number of anilines is 1. The van der Waals surface area contributed by atoms with Gasteiger partial charge in [-0.3, -0.25) is 14.4 Å². The lowest BCUT2D eigenvalue weighted by Gasteiger charge is -2.18. The summed E-state index contributed by atoms with van der Waals surface area (Å²) in [6.45, 7) is 6.10. The third-order valence-electron chi connectivity index (χ3n) is 8.16. The number of carbonyl (C=O) groups excluding carboxylic acids is 2. The standard InChI is InChI=1S/C34H36FN5O4/c1-21-24(23-16-29(35)27(31(17-23)44-4)18-36-13-15-40-14-7-12-32(40)41)8-5-9-25(21)26-10-6-11-30(22(26)2)38-33(42)28-19-37-20-39(3)34(28)43/h5-6,8-11,16-17,19-20,36H,7,12-15,18H2,1-4H3,(H,38,42). The number of carbonyl (C=O) groups is 2. The molecule has 10 heteroatoms. The summed E-state index contributed by atoms with van der Waals surface area (Å²) >= 11 is 0. The highest BCUT2D eigenvalue weighted by Gasteiger charge is 2.20. The summed E-state index contributed by atoms with van der Waals surface area (Å²) in [7, 11) is 3.07. The summed E-state index contributed by atoms with van der Waals surface area (Å²) in [4.78, 5) is 43.0. The second-order valence-electron chi connectivity index (χ2n) is 10.9. The predicted molar refractivity (Wildman–Crippen MR) is 168 cm³/mol. The first-order chi connectivity index (χ1) is 21.2. The number of hydrogen-bond acceptors (Lipinski definition) is 6. The number of benzene rings is 3. The molecule has 0 radical (unpaired) electrons. The first-order valence-corrected chi connectivity index (χ1v) is 14.6. The molecule has 4 aromatic rings. The Kier molecular flexibility index (Phi) is 9.20. The van der Waals surface area contributed by atoms with Crippen molar-refractivity contribution in [1.82, 2.24) is 19.8 Å². The predicted octanol–water partition coefficient (Wildman–Crippen LogP) is 4.84. The zero-order chi connectivity index (χ0) is 31.4. The number of aromatic nitrogens is 2. The number of likely N-dealkylation sites (tertiary alicyclic amines) is 1. The van der Waals surface area contributed by atoms with Crippen molar-refractivity contribution < 1.29 is 18.7 Å². The van der Waals surface area contributed by atoms with Crippen molar-refractivity contribution in [3.05, 3.63) is 99.5 Å². The molecular weight excluding hydrogens is 561 g/mol. The monoisotopic (exact) mass is 597 g/mol. The number of rotatable bonds is 10. The molecule has 3 aromatic carbocycles. The first kappa shape index (κ1) is 30.6. The van der Waals surface area contributed by atoms with Gasteiger partial charge < -0.3 is 24.8 Å². The minimum Gasteiger partial charge on any atom is -0.496 e. The molecule has 0 unspecified atom stereocenters. The van der Waals surface area contributed by atoms with Crippen LogP contribution in [0.4, 0.5) is 10.1 Å². The third kappa shape index (κ3) is 6.26. The third-order valence-corrected chi connectivity index (χ3v) is 8.16. The maximum absolute atomic E-state index is 15.5. The zero-order valence-electron chi connectivity index (χ0n) is 25.4. The molecule has 1 aromatic heterocycles. The van der Waals surface area contributed by atoms with E-state index in [0.717, 1.165) is 40.8 Å². The molecule has 228 valence electrons. The van der Waals surface area contributed by atoms with Crippen molar-refractivity contribution >= 4 is 17.5 Å². The van der Waals surface area contributed by atoms with E-state index in [1.165, 1.54) is 30.3 Å². The number of hydrogen-bond donors (Lipinski definition) is 2. The van der Waals surface area contributed by atoms with Crippen LogP contribution in [0.5, 0.6) is 5.75 Å². The molecule has 1 fully saturated rings. The number of ether oxygens (including phenoxy) is 1. The van der Waals surface area contributed by atoms with Crippen molar-refractivity contribution in [2.45, 2.75) is 33.2 Å². The number of nitrogens with zero attached hydrogens (tertiary/aromatic N) is 3. The van der Waals surface area contributed by atoms with Crippen LogP contribution in [0.3, 0.4) is 0 Å². The Bertz CT molecular complexity index is 1780. The van der Waals surface area contributed by atoms with Gasteiger partial charge in [0, 0.05) is 57.1 Å². The van der Waals surface area contributed by atoms with E-state index in [1.807, 2.05) is 55.1 Å². The summed E-state index contributed by atoms with van der Waals surface area (Å²) in [5.74, 6) is -0.305. The van der Waals surface area contributed by atoms with E-state index in [-0.39, 0.29) is 23.8 Å². The van der Waals surface area contributed by atoms with Crippen LogP contribution in [0.2, 0.25) is 0 Å². The summed E-state index contributed by atoms with van der Waals surface area (Å²) in [6.07, 6.45) is 4.10. The highest BCUT2D eigenvalue weighted by Crippen LogP contribution is 2.37. The lowest BCUT2D eigenvalue weighted by molar-refractivity contribution is -0.127. The van der Waals surface area contributed by atoms with E-state index in [4.69, 9.17) is 4.74 Å². The molecule has 2 N–H and O–H groups in total.